The first-order valence-corrected chi connectivity index (χ1v) is 9.81. The molecule has 0 aromatic heterocycles. The number of ketones is 1. The first-order chi connectivity index (χ1) is 12.0. The zero-order chi connectivity index (χ0) is 18.8. The van der Waals surface area contributed by atoms with E-state index in [2.05, 4.69) is 26.0 Å². The van der Waals surface area contributed by atoms with Crippen molar-refractivity contribution in [1.29, 1.82) is 0 Å². The van der Waals surface area contributed by atoms with Crippen LogP contribution in [0.2, 0.25) is 5.02 Å². The van der Waals surface area contributed by atoms with Gasteiger partial charge in [-0.15, -0.1) is 0 Å². The van der Waals surface area contributed by atoms with Crippen LogP contribution in [0.25, 0.3) is 0 Å². The highest BCUT2D eigenvalue weighted by Crippen LogP contribution is 2.36. The lowest BCUT2D eigenvalue weighted by molar-refractivity contribution is 0.101. The van der Waals surface area contributed by atoms with Crippen molar-refractivity contribution in [1.82, 2.24) is 0 Å². The molecule has 2 aromatic carbocycles. The lowest BCUT2D eigenvalue weighted by Crippen LogP contribution is -1.91. The zero-order valence-electron chi connectivity index (χ0n) is 16.2. The van der Waals surface area contributed by atoms with Gasteiger partial charge in [0, 0.05) is 10.6 Å². The summed E-state index contributed by atoms with van der Waals surface area (Å²) in [6, 6.07) is 14.1. The zero-order valence-corrected chi connectivity index (χ0v) is 17.0. The minimum absolute atomic E-state index is 0.132. The molecule has 2 aromatic rings. The molecule has 136 valence electrons. The molecule has 1 atom stereocenters. The molecule has 1 unspecified atom stereocenters. The predicted molar refractivity (Wildman–Crippen MR) is 110 cm³/mol. The molecule has 2 heteroatoms. The van der Waals surface area contributed by atoms with Crippen molar-refractivity contribution in [3.63, 3.8) is 0 Å². The summed E-state index contributed by atoms with van der Waals surface area (Å²) in [6.45, 7) is 9.94. The number of rotatable bonds is 3. The summed E-state index contributed by atoms with van der Waals surface area (Å²) in [4.78, 5) is 10.8. The first kappa shape index (κ1) is 21.4. The third kappa shape index (κ3) is 6.32. The topological polar surface area (TPSA) is 17.1 Å². The minimum atomic E-state index is 0.132. The quantitative estimate of drug-likeness (QED) is 0.527. The van der Waals surface area contributed by atoms with Gasteiger partial charge in [-0.1, -0.05) is 69.6 Å². The highest BCUT2D eigenvalue weighted by atomic mass is 35.5. The van der Waals surface area contributed by atoms with E-state index in [0.717, 1.165) is 22.9 Å². The summed E-state index contributed by atoms with van der Waals surface area (Å²) in [5.74, 6) is 0.921. The van der Waals surface area contributed by atoms with E-state index in [9.17, 15) is 4.79 Å². The van der Waals surface area contributed by atoms with E-state index in [1.54, 1.807) is 6.92 Å². The Balaban J connectivity index is 0.000000229. The van der Waals surface area contributed by atoms with Crippen LogP contribution < -0.4 is 0 Å². The largest absolute Gasteiger partial charge is 0.295 e. The van der Waals surface area contributed by atoms with Crippen LogP contribution in [0.3, 0.4) is 0 Å². The van der Waals surface area contributed by atoms with Crippen LogP contribution in [0.15, 0.2) is 42.5 Å². The Labute approximate surface area is 158 Å². The first-order valence-electron chi connectivity index (χ1n) is 9.43. The van der Waals surface area contributed by atoms with Crippen LogP contribution in [0, 0.1) is 0 Å². The molecule has 0 radical (unpaired) electrons. The van der Waals surface area contributed by atoms with Gasteiger partial charge in [0.1, 0.15) is 0 Å². The summed E-state index contributed by atoms with van der Waals surface area (Å²) >= 11 is 5.91. The van der Waals surface area contributed by atoms with Crippen molar-refractivity contribution >= 4 is 17.4 Å². The Morgan fingerprint density at radius 2 is 1.72 bits per heavy atom. The van der Waals surface area contributed by atoms with Gasteiger partial charge in [-0.3, -0.25) is 4.79 Å². The summed E-state index contributed by atoms with van der Waals surface area (Å²) in [5.41, 5.74) is 5.06. The van der Waals surface area contributed by atoms with Gasteiger partial charge in [0.25, 0.3) is 0 Å². The minimum Gasteiger partial charge on any atom is -0.295 e. The summed E-state index contributed by atoms with van der Waals surface area (Å²) in [7, 11) is 0. The second kappa shape index (κ2) is 11.1. The molecule has 1 nitrogen and oxygen atoms in total. The molecule has 0 N–H and O–H groups in total. The average molecular weight is 359 g/mol. The maximum absolute atomic E-state index is 10.8. The van der Waals surface area contributed by atoms with Gasteiger partial charge in [0.05, 0.1) is 0 Å². The van der Waals surface area contributed by atoms with E-state index in [1.807, 2.05) is 44.2 Å². The molecule has 0 fully saturated rings. The van der Waals surface area contributed by atoms with Crippen molar-refractivity contribution in [3.05, 3.63) is 69.7 Å². The highest BCUT2D eigenvalue weighted by Gasteiger charge is 2.20. The molecule has 25 heavy (non-hydrogen) atoms. The fourth-order valence-electron chi connectivity index (χ4n) is 3.07. The number of carbonyl (C=O) groups excluding carboxylic acids is 1. The van der Waals surface area contributed by atoms with Gasteiger partial charge in [-0.05, 0) is 67.3 Å². The van der Waals surface area contributed by atoms with Crippen molar-refractivity contribution in [2.24, 2.45) is 0 Å². The molecule has 0 amide bonds. The monoisotopic (exact) mass is 358 g/mol. The van der Waals surface area contributed by atoms with Crippen LogP contribution in [0.5, 0.6) is 0 Å². The SMILES string of the molecule is CC.CCC1CCc2cc(Cl)ccc21.CCc1ccc(C(C)=O)cc1. The number of carbonyl (C=O) groups is 1. The fraction of sp³-hybridized carbons (Fsp3) is 0.435. The molecule has 1 aliphatic carbocycles. The number of fused-ring (bicyclic) bond motifs is 1. The number of benzene rings is 2. The lowest BCUT2D eigenvalue weighted by atomic mass is 9.99. The standard InChI is InChI=1S/C11H13Cl.C10H12O.C2H6/c1-2-8-3-4-9-7-10(12)5-6-11(8)9;1-3-9-4-6-10(7-5-9)8(2)11;1-2/h5-8H,2-4H2,1H3;4-7H,3H2,1-2H3;1-2H3. The number of hydrogen-bond acceptors (Lipinski definition) is 1. The Bertz CT molecular complexity index is 658. The molecular weight excluding hydrogens is 328 g/mol. The Hall–Kier alpha value is -1.60. The smallest absolute Gasteiger partial charge is 0.159 e. The van der Waals surface area contributed by atoms with E-state index < -0.39 is 0 Å². The highest BCUT2D eigenvalue weighted by molar-refractivity contribution is 6.30. The average Bonchev–Trinajstić information content (AvgIpc) is 3.06. The van der Waals surface area contributed by atoms with Crippen LogP contribution in [0.1, 0.15) is 80.4 Å². The van der Waals surface area contributed by atoms with Gasteiger partial charge in [-0.2, -0.15) is 0 Å². The molecule has 0 saturated carbocycles. The predicted octanol–water partition coefficient (Wildman–Crippen LogP) is 7.26. The Kier molecular flexibility index (Phi) is 9.52. The molecule has 0 saturated heterocycles. The van der Waals surface area contributed by atoms with Crippen molar-refractivity contribution in [3.8, 4) is 0 Å². The van der Waals surface area contributed by atoms with Crippen LogP contribution in [-0.2, 0) is 12.8 Å². The molecule has 3 rings (SSSR count). The third-order valence-electron chi connectivity index (χ3n) is 4.57. The summed E-state index contributed by atoms with van der Waals surface area (Å²) in [5, 5.41) is 0.880. The van der Waals surface area contributed by atoms with Gasteiger partial charge in [0.15, 0.2) is 5.78 Å². The van der Waals surface area contributed by atoms with Gasteiger partial charge < -0.3 is 0 Å². The van der Waals surface area contributed by atoms with Crippen molar-refractivity contribution in [2.45, 2.75) is 66.2 Å². The second-order valence-electron chi connectivity index (χ2n) is 6.09. The normalized spacial score (nSPS) is 14.6. The van der Waals surface area contributed by atoms with E-state index in [1.165, 1.54) is 36.0 Å². The van der Waals surface area contributed by atoms with Gasteiger partial charge in [-0.25, -0.2) is 0 Å². The summed E-state index contributed by atoms with van der Waals surface area (Å²) < 4.78 is 0. The van der Waals surface area contributed by atoms with E-state index in [-0.39, 0.29) is 5.78 Å². The van der Waals surface area contributed by atoms with E-state index in [0.29, 0.717) is 0 Å². The molecule has 0 spiro atoms. The van der Waals surface area contributed by atoms with E-state index in [4.69, 9.17) is 11.6 Å². The number of aryl methyl sites for hydroxylation is 2. The van der Waals surface area contributed by atoms with Crippen molar-refractivity contribution in [2.75, 3.05) is 0 Å². The molecule has 0 aliphatic heterocycles. The molecular formula is C23H31ClO. The van der Waals surface area contributed by atoms with Gasteiger partial charge in [0.2, 0.25) is 0 Å². The number of Topliss-reactive ketones (excluding diaryl/α,β-unsaturated/α-hetero) is 1. The van der Waals surface area contributed by atoms with E-state index >= 15 is 0 Å². The second-order valence-corrected chi connectivity index (χ2v) is 6.53. The Morgan fingerprint density at radius 1 is 1.08 bits per heavy atom. The molecule has 0 bridgehead atoms. The molecule has 0 heterocycles. The Morgan fingerprint density at radius 3 is 2.24 bits per heavy atom. The molecule has 1 aliphatic rings. The third-order valence-corrected chi connectivity index (χ3v) is 4.80. The van der Waals surface area contributed by atoms with Crippen molar-refractivity contribution < 1.29 is 4.79 Å². The van der Waals surface area contributed by atoms with Crippen LogP contribution in [0.4, 0.5) is 0 Å². The maximum Gasteiger partial charge on any atom is 0.159 e. The lowest BCUT2D eigenvalue weighted by Gasteiger charge is -2.07. The number of halogens is 1. The van der Waals surface area contributed by atoms with Gasteiger partial charge >= 0.3 is 0 Å². The fourth-order valence-corrected chi connectivity index (χ4v) is 3.27. The number of hydrogen-bond donors (Lipinski definition) is 0. The summed E-state index contributed by atoms with van der Waals surface area (Å²) in [6.07, 6.45) is 4.81. The van der Waals surface area contributed by atoms with Crippen LogP contribution >= 0.6 is 11.6 Å². The van der Waals surface area contributed by atoms with Crippen LogP contribution in [-0.4, -0.2) is 5.78 Å². The maximum atomic E-state index is 10.8.